The second-order valence-corrected chi connectivity index (χ2v) is 5.68. The van der Waals surface area contributed by atoms with Gasteiger partial charge < -0.3 is 5.32 Å². The van der Waals surface area contributed by atoms with Gasteiger partial charge in [0.2, 0.25) is 15.9 Å². The van der Waals surface area contributed by atoms with Crippen LogP contribution in [0.5, 0.6) is 0 Å². The average Bonchev–Trinajstić information content (AvgIpc) is 2.38. The number of sulfonamides is 1. The summed E-state index contributed by atoms with van der Waals surface area (Å²) in [4.78, 5) is 11.1. The third kappa shape index (κ3) is 4.05. The van der Waals surface area contributed by atoms with Gasteiger partial charge in [-0.15, -0.1) is 0 Å². The lowest BCUT2D eigenvalue weighted by Crippen LogP contribution is -2.29. The van der Waals surface area contributed by atoms with Crippen LogP contribution < -0.4 is 10.0 Å². The van der Waals surface area contributed by atoms with Crippen LogP contribution >= 0.6 is 0 Å². The van der Waals surface area contributed by atoms with Gasteiger partial charge in [-0.25, -0.2) is 13.1 Å². The molecule has 0 heterocycles. The maximum Gasteiger partial charge on any atom is 0.240 e. The minimum absolute atomic E-state index is 0.0288. The number of carbonyl (C=O) groups excluding carboxylic acids is 1. The summed E-state index contributed by atoms with van der Waals surface area (Å²) in [7, 11) is -2.16. The number of nitrogens with zero attached hydrogens (tertiary/aromatic N) is 1. The van der Waals surface area contributed by atoms with E-state index in [1.165, 1.54) is 25.2 Å². The number of amides is 1. The Hall–Kier alpha value is -1.91. The van der Waals surface area contributed by atoms with Gasteiger partial charge in [0, 0.05) is 20.0 Å². The number of hydrogen-bond donors (Lipinski definition) is 2. The fourth-order valence-corrected chi connectivity index (χ4v) is 2.55. The third-order valence-electron chi connectivity index (χ3n) is 2.55. The largest absolute Gasteiger partial charge is 0.359 e. The Labute approximate surface area is 112 Å². The van der Waals surface area contributed by atoms with Crippen LogP contribution in [0.25, 0.3) is 0 Å². The van der Waals surface area contributed by atoms with E-state index in [0.717, 1.165) is 0 Å². The topological polar surface area (TPSA) is 99.1 Å². The van der Waals surface area contributed by atoms with E-state index in [4.69, 9.17) is 5.26 Å². The normalized spacial score (nSPS) is 10.8. The first-order valence-corrected chi connectivity index (χ1v) is 7.10. The van der Waals surface area contributed by atoms with Crippen LogP contribution in [0.15, 0.2) is 23.1 Å². The molecule has 0 aliphatic heterocycles. The highest BCUT2D eigenvalue weighted by molar-refractivity contribution is 7.89. The molecule has 0 aliphatic rings. The van der Waals surface area contributed by atoms with Crippen molar-refractivity contribution in [1.82, 2.24) is 10.0 Å². The highest BCUT2D eigenvalue weighted by Gasteiger charge is 2.15. The molecule has 1 rings (SSSR count). The van der Waals surface area contributed by atoms with Crippen molar-refractivity contribution in [3.63, 3.8) is 0 Å². The minimum Gasteiger partial charge on any atom is -0.359 e. The van der Waals surface area contributed by atoms with Gasteiger partial charge in [0.25, 0.3) is 0 Å². The SMILES string of the molecule is CNC(=O)CCNS(=O)(=O)c1ccc(C#N)c(C)c1. The molecule has 1 aromatic rings. The zero-order valence-electron chi connectivity index (χ0n) is 10.7. The average molecular weight is 281 g/mol. The first-order valence-electron chi connectivity index (χ1n) is 5.61. The smallest absolute Gasteiger partial charge is 0.240 e. The summed E-state index contributed by atoms with van der Waals surface area (Å²) in [6.07, 6.45) is 0.0744. The number of aryl methyl sites for hydroxylation is 1. The van der Waals surface area contributed by atoms with Crippen molar-refractivity contribution in [3.05, 3.63) is 29.3 Å². The zero-order valence-corrected chi connectivity index (χ0v) is 11.5. The number of nitrogens with one attached hydrogen (secondary N) is 2. The van der Waals surface area contributed by atoms with E-state index in [2.05, 4.69) is 10.0 Å². The molecular formula is C12H15N3O3S. The Morgan fingerprint density at radius 1 is 1.42 bits per heavy atom. The molecule has 0 saturated carbocycles. The summed E-state index contributed by atoms with van der Waals surface area (Å²) in [6, 6.07) is 6.23. The van der Waals surface area contributed by atoms with Crippen LogP contribution in [-0.4, -0.2) is 27.9 Å². The fourth-order valence-electron chi connectivity index (χ4n) is 1.44. The molecule has 0 aromatic heterocycles. The van der Waals surface area contributed by atoms with Gasteiger partial charge in [0.15, 0.2) is 0 Å². The third-order valence-corrected chi connectivity index (χ3v) is 4.01. The van der Waals surface area contributed by atoms with Crippen LogP contribution in [0.2, 0.25) is 0 Å². The van der Waals surface area contributed by atoms with Crippen molar-refractivity contribution in [2.24, 2.45) is 0 Å². The van der Waals surface area contributed by atoms with Crippen LogP contribution in [0.3, 0.4) is 0 Å². The Morgan fingerprint density at radius 2 is 2.11 bits per heavy atom. The molecule has 0 aliphatic carbocycles. The number of benzene rings is 1. The van der Waals surface area contributed by atoms with Gasteiger partial charge in [0.1, 0.15) is 0 Å². The van der Waals surface area contributed by atoms with Crippen LogP contribution in [0.1, 0.15) is 17.5 Å². The molecular weight excluding hydrogens is 266 g/mol. The molecule has 0 unspecified atom stereocenters. The lowest BCUT2D eigenvalue weighted by atomic mass is 10.1. The van der Waals surface area contributed by atoms with Gasteiger partial charge in [-0.3, -0.25) is 4.79 Å². The van der Waals surface area contributed by atoms with Crippen molar-refractivity contribution < 1.29 is 13.2 Å². The predicted octanol–water partition coefficient (Wildman–Crippen LogP) is 0.281. The summed E-state index contributed by atoms with van der Waals surface area (Å²) in [5.41, 5.74) is 1.03. The molecule has 0 fully saturated rings. The van der Waals surface area contributed by atoms with Crippen molar-refractivity contribution in [1.29, 1.82) is 5.26 Å². The lowest BCUT2D eigenvalue weighted by molar-refractivity contribution is -0.120. The summed E-state index contributed by atoms with van der Waals surface area (Å²) in [5.74, 6) is -0.237. The predicted molar refractivity (Wildman–Crippen MR) is 69.8 cm³/mol. The van der Waals surface area contributed by atoms with Gasteiger partial charge in [-0.05, 0) is 30.7 Å². The number of hydrogen-bond acceptors (Lipinski definition) is 4. The molecule has 7 heteroatoms. The van der Waals surface area contributed by atoms with Crippen molar-refractivity contribution in [2.45, 2.75) is 18.2 Å². The van der Waals surface area contributed by atoms with E-state index >= 15 is 0 Å². The maximum atomic E-state index is 11.9. The molecule has 0 saturated heterocycles. The maximum absolute atomic E-state index is 11.9. The summed E-state index contributed by atoms with van der Waals surface area (Å²) in [6.45, 7) is 1.70. The van der Waals surface area contributed by atoms with Gasteiger partial charge in [-0.2, -0.15) is 5.26 Å². The van der Waals surface area contributed by atoms with Gasteiger partial charge in [0.05, 0.1) is 16.5 Å². The molecule has 0 atom stereocenters. The van der Waals surface area contributed by atoms with Crippen LogP contribution in [0.4, 0.5) is 0 Å². The van der Waals surface area contributed by atoms with Gasteiger partial charge in [-0.1, -0.05) is 0 Å². The van der Waals surface area contributed by atoms with E-state index in [9.17, 15) is 13.2 Å². The quantitative estimate of drug-likeness (QED) is 0.809. The lowest BCUT2D eigenvalue weighted by Gasteiger charge is -2.07. The zero-order chi connectivity index (χ0) is 14.5. The van der Waals surface area contributed by atoms with E-state index in [-0.39, 0.29) is 23.8 Å². The molecule has 0 spiro atoms. The Balaban J connectivity index is 2.81. The Bertz CT molecular complexity index is 618. The first kappa shape index (κ1) is 15.1. The minimum atomic E-state index is -3.65. The van der Waals surface area contributed by atoms with Crippen molar-refractivity contribution in [2.75, 3.05) is 13.6 Å². The highest BCUT2D eigenvalue weighted by atomic mass is 32.2. The molecule has 102 valence electrons. The summed E-state index contributed by atoms with van der Waals surface area (Å²) < 4.78 is 26.2. The number of rotatable bonds is 5. The molecule has 1 aromatic carbocycles. The Morgan fingerprint density at radius 3 is 2.63 bits per heavy atom. The molecule has 0 radical (unpaired) electrons. The summed E-state index contributed by atoms with van der Waals surface area (Å²) >= 11 is 0. The molecule has 1 amide bonds. The summed E-state index contributed by atoms with van der Waals surface area (Å²) in [5, 5.41) is 11.2. The monoisotopic (exact) mass is 281 g/mol. The highest BCUT2D eigenvalue weighted by Crippen LogP contribution is 2.14. The van der Waals surface area contributed by atoms with Crippen molar-refractivity contribution >= 4 is 15.9 Å². The standard InChI is InChI=1S/C12H15N3O3S/c1-9-7-11(4-3-10(9)8-13)19(17,18)15-6-5-12(16)14-2/h3-4,7,15H,5-6H2,1-2H3,(H,14,16). The van der Waals surface area contributed by atoms with E-state index in [1.807, 2.05) is 6.07 Å². The van der Waals surface area contributed by atoms with Gasteiger partial charge >= 0.3 is 0 Å². The molecule has 0 bridgehead atoms. The van der Waals surface area contributed by atoms with Crippen LogP contribution in [-0.2, 0) is 14.8 Å². The second-order valence-electron chi connectivity index (χ2n) is 3.91. The van der Waals surface area contributed by atoms with E-state index < -0.39 is 10.0 Å². The molecule has 2 N–H and O–H groups in total. The molecule has 19 heavy (non-hydrogen) atoms. The molecule has 6 nitrogen and oxygen atoms in total. The Kier molecular flexibility index (Phi) is 5.03. The first-order chi connectivity index (χ1) is 8.90. The van der Waals surface area contributed by atoms with E-state index in [1.54, 1.807) is 6.92 Å². The van der Waals surface area contributed by atoms with E-state index in [0.29, 0.717) is 11.1 Å². The number of carbonyl (C=O) groups is 1. The van der Waals surface area contributed by atoms with Crippen molar-refractivity contribution in [3.8, 4) is 6.07 Å². The number of nitriles is 1. The second kappa shape index (κ2) is 6.31. The van der Waals surface area contributed by atoms with Crippen LogP contribution in [0, 0.1) is 18.3 Å². The fraction of sp³-hybridized carbons (Fsp3) is 0.333.